The Morgan fingerprint density at radius 2 is 2.14 bits per heavy atom. The summed E-state index contributed by atoms with van der Waals surface area (Å²) in [5, 5.41) is 0. The predicted octanol–water partition coefficient (Wildman–Crippen LogP) is 1.04. The van der Waals surface area contributed by atoms with Gasteiger partial charge in [0.05, 0.1) is 4.90 Å². The van der Waals surface area contributed by atoms with Gasteiger partial charge in [0.15, 0.2) is 0 Å². The third-order valence-corrected chi connectivity index (χ3v) is 2.58. The van der Waals surface area contributed by atoms with Crippen molar-refractivity contribution in [2.75, 3.05) is 0 Å². The molecule has 0 aliphatic heterocycles. The number of hydrogen-bond donors (Lipinski definition) is 0. The zero-order chi connectivity index (χ0) is 10.8. The lowest BCUT2D eigenvalue weighted by Gasteiger charge is -2.10. The van der Waals surface area contributed by atoms with Crippen LogP contribution < -0.4 is 0 Å². The average molecular weight is 213 g/mol. The molecule has 0 saturated heterocycles. The van der Waals surface area contributed by atoms with Crippen molar-refractivity contribution in [3.63, 3.8) is 0 Å². The SMILES string of the molecule is C#Cc1ccc(S(=O)(=O)[O-])c(CF)c1. The maximum absolute atomic E-state index is 12.4. The third-order valence-electron chi connectivity index (χ3n) is 1.64. The smallest absolute Gasteiger partial charge is 0.124 e. The van der Waals surface area contributed by atoms with Crippen molar-refractivity contribution in [3.8, 4) is 12.3 Å². The van der Waals surface area contributed by atoms with Crippen LogP contribution in [0.1, 0.15) is 11.1 Å². The molecule has 0 atom stereocenters. The number of benzene rings is 1. The van der Waals surface area contributed by atoms with E-state index >= 15 is 0 Å². The maximum atomic E-state index is 12.4. The Hall–Kier alpha value is -1.38. The number of terminal acetylenes is 1. The molecule has 0 bridgehead atoms. The van der Waals surface area contributed by atoms with Gasteiger partial charge in [-0.05, 0) is 18.2 Å². The van der Waals surface area contributed by atoms with Crippen LogP contribution in [0.3, 0.4) is 0 Å². The number of halogens is 1. The van der Waals surface area contributed by atoms with Crippen molar-refractivity contribution in [2.45, 2.75) is 11.6 Å². The molecule has 0 aliphatic rings. The largest absolute Gasteiger partial charge is 0.744 e. The van der Waals surface area contributed by atoms with Gasteiger partial charge in [-0.15, -0.1) is 6.42 Å². The Labute approximate surface area is 81.3 Å². The van der Waals surface area contributed by atoms with Crippen LogP contribution in [0.25, 0.3) is 0 Å². The fourth-order valence-electron chi connectivity index (χ4n) is 1.02. The Balaban J connectivity index is 3.42. The van der Waals surface area contributed by atoms with Gasteiger partial charge in [-0.1, -0.05) is 5.92 Å². The minimum atomic E-state index is -4.63. The summed E-state index contributed by atoms with van der Waals surface area (Å²) < 4.78 is 44.3. The molecule has 0 saturated carbocycles. The van der Waals surface area contributed by atoms with Crippen LogP contribution in [-0.2, 0) is 16.8 Å². The van der Waals surface area contributed by atoms with Crippen LogP contribution in [0.2, 0.25) is 0 Å². The van der Waals surface area contributed by atoms with Crippen molar-refractivity contribution >= 4 is 10.1 Å². The molecule has 0 N–H and O–H groups in total. The van der Waals surface area contributed by atoms with Crippen LogP contribution in [0.15, 0.2) is 23.1 Å². The first-order chi connectivity index (χ1) is 6.49. The van der Waals surface area contributed by atoms with Gasteiger partial charge in [0.2, 0.25) is 0 Å². The van der Waals surface area contributed by atoms with E-state index in [1.165, 1.54) is 12.1 Å². The van der Waals surface area contributed by atoms with E-state index in [-0.39, 0.29) is 5.56 Å². The highest BCUT2D eigenvalue weighted by atomic mass is 32.2. The zero-order valence-corrected chi connectivity index (χ0v) is 7.84. The molecule has 0 heterocycles. The molecule has 5 heteroatoms. The third kappa shape index (κ3) is 2.10. The van der Waals surface area contributed by atoms with E-state index in [2.05, 4.69) is 5.92 Å². The van der Waals surface area contributed by atoms with Gasteiger partial charge in [0, 0.05) is 11.1 Å². The van der Waals surface area contributed by atoms with Crippen molar-refractivity contribution in [3.05, 3.63) is 29.3 Å². The highest BCUT2D eigenvalue weighted by Gasteiger charge is 2.08. The second-order valence-corrected chi connectivity index (χ2v) is 3.90. The molecule has 1 aromatic rings. The fraction of sp³-hybridized carbons (Fsp3) is 0.111. The molecule has 0 aromatic heterocycles. The summed E-state index contributed by atoms with van der Waals surface area (Å²) in [7, 11) is -4.63. The van der Waals surface area contributed by atoms with E-state index in [0.717, 1.165) is 6.07 Å². The van der Waals surface area contributed by atoms with Crippen molar-refractivity contribution in [2.24, 2.45) is 0 Å². The van der Waals surface area contributed by atoms with Crippen molar-refractivity contribution in [1.29, 1.82) is 0 Å². The molecule has 0 spiro atoms. The van der Waals surface area contributed by atoms with E-state index < -0.39 is 21.7 Å². The van der Waals surface area contributed by atoms with E-state index in [9.17, 15) is 17.4 Å². The monoisotopic (exact) mass is 213 g/mol. The van der Waals surface area contributed by atoms with Crippen LogP contribution in [0, 0.1) is 12.3 Å². The summed E-state index contributed by atoms with van der Waals surface area (Å²) in [5.74, 6) is 2.22. The standard InChI is InChI=1S/C9H7FO3S/c1-2-7-3-4-9(14(11,12)13)8(5-7)6-10/h1,3-5H,6H2,(H,11,12,13)/p-1. The number of hydrogen-bond acceptors (Lipinski definition) is 3. The second-order valence-electron chi connectivity index (χ2n) is 2.55. The highest BCUT2D eigenvalue weighted by molar-refractivity contribution is 7.85. The summed E-state index contributed by atoms with van der Waals surface area (Å²) in [6.07, 6.45) is 5.03. The van der Waals surface area contributed by atoms with Crippen LogP contribution in [-0.4, -0.2) is 13.0 Å². The minimum absolute atomic E-state index is 0.199. The number of rotatable bonds is 2. The Morgan fingerprint density at radius 3 is 2.57 bits per heavy atom. The van der Waals surface area contributed by atoms with Crippen molar-refractivity contribution < 1.29 is 17.4 Å². The summed E-state index contributed by atoms with van der Waals surface area (Å²) in [4.78, 5) is -0.556. The molecule has 0 radical (unpaired) electrons. The lowest BCUT2D eigenvalue weighted by atomic mass is 10.1. The molecule has 14 heavy (non-hydrogen) atoms. The molecule has 1 aromatic carbocycles. The lowest BCUT2D eigenvalue weighted by molar-refractivity contribution is 0.450. The topological polar surface area (TPSA) is 57.2 Å². The number of alkyl halides is 1. The Kier molecular flexibility index (Phi) is 2.89. The molecular formula is C9H6FO3S-. The molecule has 74 valence electrons. The quantitative estimate of drug-likeness (QED) is 0.544. The van der Waals surface area contributed by atoms with E-state index in [4.69, 9.17) is 6.42 Å². The predicted molar refractivity (Wildman–Crippen MR) is 47.2 cm³/mol. The Bertz CT molecular complexity index is 485. The minimum Gasteiger partial charge on any atom is -0.744 e. The van der Waals surface area contributed by atoms with E-state index in [1.807, 2.05) is 0 Å². The summed E-state index contributed by atoms with van der Waals surface area (Å²) in [5.41, 5.74) is 0.139. The van der Waals surface area contributed by atoms with Crippen molar-refractivity contribution in [1.82, 2.24) is 0 Å². The molecule has 0 unspecified atom stereocenters. The first-order valence-electron chi connectivity index (χ1n) is 3.60. The van der Waals surface area contributed by atoms with E-state index in [1.54, 1.807) is 0 Å². The van der Waals surface area contributed by atoms with Crippen LogP contribution in [0.4, 0.5) is 4.39 Å². The Morgan fingerprint density at radius 1 is 1.50 bits per heavy atom. The fourth-order valence-corrected chi connectivity index (χ4v) is 1.69. The van der Waals surface area contributed by atoms with Gasteiger partial charge in [-0.2, -0.15) is 0 Å². The van der Waals surface area contributed by atoms with Gasteiger partial charge >= 0.3 is 0 Å². The summed E-state index contributed by atoms with van der Waals surface area (Å²) in [6, 6.07) is 3.47. The second kappa shape index (κ2) is 3.78. The summed E-state index contributed by atoms with van der Waals surface area (Å²) >= 11 is 0. The molecule has 3 nitrogen and oxygen atoms in total. The van der Waals surface area contributed by atoms with Gasteiger partial charge in [0.25, 0.3) is 0 Å². The first kappa shape index (κ1) is 10.7. The van der Waals surface area contributed by atoms with Crippen LogP contribution >= 0.6 is 0 Å². The average Bonchev–Trinajstić information content (AvgIpc) is 2.15. The van der Waals surface area contributed by atoms with Gasteiger partial charge in [0.1, 0.15) is 16.8 Å². The van der Waals surface area contributed by atoms with E-state index in [0.29, 0.717) is 5.56 Å². The molecule has 0 amide bonds. The first-order valence-corrected chi connectivity index (χ1v) is 5.01. The summed E-state index contributed by atoms with van der Waals surface area (Å²) in [6.45, 7) is -1.04. The molecular weight excluding hydrogens is 207 g/mol. The van der Waals surface area contributed by atoms with Gasteiger partial charge in [-0.25, -0.2) is 12.8 Å². The van der Waals surface area contributed by atoms with Gasteiger partial charge < -0.3 is 4.55 Å². The normalized spacial score (nSPS) is 10.9. The molecule has 1 rings (SSSR count). The van der Waals surface area contributed by atoms with Crippen LogP contribution in [0.5, 0.6) is 0 Å². The molecule has 0 aliphatic carbocycles. The maximum Gasteiger partial charge on any atom is 0.124 e. The van der Waals surface area contributed by atoms with Gasteiger partial charge in [-0.3, -0.25) is 0 Å². The highest BCUT2D eigenvalue weighted by Crippen LogP contribution is 2.17. The lowest BCUT2D eigenvalue weighted by Crippen LogP contribution is -2.03. The molecule has 0 fully saturated rings. The zero-order valence-electron chi connectivity index (χ0n) is 7.03.